The van der Waals surface area contributed by atoms with E-state index in [2.05, 4.69) is 6.92 Å². The van der Waals surface area contributed by atoms with Gasteiger partial charge in [0, 0.05) is 0 Å². The van der Waals surface area contributed by atoms with Crippen molar-refractivity contribution in [1.82, 2.24) is 0 Å². The molecule has 3 nitrogen and oxygen atoms in total. The fourth-order valence-electron chi connectivity index (χ4n) is 3.46. The third kappa shape index (κ3) is 1.58. The monoisotopic (exact) mass is 218 g/mol. The Morgan fingerprint density at radius 1 is 1.36 bits per heavy atom. The third-order valence-electron chi connectivity index (χ3n) is 3.91. The van der Waals surface area contributed by atoms with E-state index < -0.39 is 14.9 Å². The minimum Gasteiger partial charge on any atom is -0.285 e. The highest BCUT2D eigenvalue weighted by molar-refractivity contribution is 7.87. The summed E-state index contributed by atoms with van der Waals surface area (Å²) in [5.74, 6) is 0.963. The lowest BCUT2D eigenvalue weighted by atomic mass is 9.68. The van der Waals surface area contributed by atoms with Crippen LogP contribution in [0, 0.1) is 11.8 Å². The quantitative estimate of drug-likeness (QED) is 0.687. The maximum Gasteiger partial charge on any atom is 0.270 e. The highest BCUT2D eigenvalue weighted by Crippen LogP contribution is 2.48. The zero-order chi connectivity index (χ0) is 10.4. The van der Waals surface area contributed by atoms with E-state index in [0.29, 0.717) is 31.1 Å². The van der Waals surface area contributed by atoms with Crippen LogP contribution in [0.15, 0.2) is 0 Å². The first-order chi connectivity index (χ1) is 6.43. The van der Waals surface area contributed by atoms with Crippen LogP contribution in [-0.2, 0) is 10.1 Å². The summed E-state index contributed by atoms with van der Waals surface area (Å²) in [6, 6.07) is 0. The van der Waals surface area contributed by atoms with Gasteiger partial charge >= 0.3 is 0 Å². The van der Waals surface area contributed by atoms with Crippen LogP contribution >= 0.6 is 0 Å². The van der Waals surface area contributed by atoms with Crippen molar-refractivity contribution in [1.29, 1.82) is 0 Å². The molecule has 0 amide bonds. The molecule has 2 aliphatic carbocycles. The zero-order valence-corrected chi connectivity index (χ0v) is 9.39. The van der Waals surface area contributed by atoms with Gasteiger partial charge in [-0.1, -0.05) is 19.8 Å². The summed E-state index contributed by atoms with van der Waals surface area (Å²) in [5, 5.41) is 0. The number of hydrogen-bond acceptors (Lipinski definition) is 2. The summed E-state index contributed by atoms with van der Waals surface area (Å²) >= 11 is 0. The van der Waals surface area contributed by atoms with E-state index in [4.69, 9.17) is 0 Å². The van der Waals surface area contributed by atoms with Gasteiger partial charge in [-0.2, -0.15) is 8.42 Å². The Kier molecular flexibility index (Phi) is 2.39. The van der Waals surface area contributed by atoms with Gasteiger partial charge in [-0.25, -0.2) is 0 Å². The first-order valence-electron chi connectivity index (χ1n) is 5.40. The van der Waals surface area contributed by atoms with Crippen LogP contribution < -0.4 is 0 Å². The van der Waals surface area contributed by atoms with Crippen LogP contribution in [0.2, 0.25) is 0 Å². The lowest BCUT2D eigenvalue weighted by molar-refractivity contribution is 0.155. The normalized spacial score (nSPS) is 43.6. The minimum absolute atomic E-state index is 0.441. The molecule has 2 aliphatic rings. The van der Waals surface area contributed by atoms with E-state index in [9.17, 15) is 13.0 Å². The molecular formula is C10H18O3S. The van der Waals surface area contributed by atoms with Crippen molar-refractivity contribution in [3.8, 4) is 0 Å². The van der Waals surface area contributed by atoms with E-state index in [-0.39, 0.29) is 0 Å². The topological polar surface area (TPSA) is 54.4 Å². The van der Waals surface area contributed by atoms with Crippen molar-refractivity contribution in [2.75, 3.05) is 0 Å². The number of hydrogen-bond donors (Lipinski definition) is 1. The summed E-state index contributed by atoms with van der Waals surface area (Å²) in [4.78, 5) is 0. The average molecular weight is 218 g/mol. The van der Waals surface area contributed by atoms with Crippen molar-refractivity contribution in [3.05, 3.63) is 0 Å². The molecule has 0 aromatic carbocycles. The highest BCUT2D eigenvalue weighted by Gasteiger charge is 2.50. The Balaban J connectivity index is 2.32. The van der Waals surface area contributed by atoms with Crippen LogP contribution in [0.5, 0.6) is 0 Å². The maximum absolute atomic E-state index is 11.4. The first kappa shape index (κ1) is 10.4. The first-order valence-corrected chi connectivity index (χ1v) is 6.84. The lowest BCUT2D eigenvalue weighted by Crippen LogP contribution is -2.47. The summed E-state index contributed by atoms with van der Waals surface area (Å²) in [7, 11) is -3.85. The highest BCUT2D eigenvalue weighted by atomic mass is 32.2. The van der Waals surface area contributed by atoms with E-state index in [1.54, 1.807) is 0 Å². The molecule has 0 heterocycles. The standard InChI is InChI=1S/C10H18O3S/c1-8-5-9-3-2-4-10(6-8,7-9)14(11,12)13/h8-9H,2-7H2,1H3,(H,11,12,13)/t8-,9?,10?/m1/s1. The maximum atomic E-state index is 11.4. The second kappa shape index (κ2) is 3.20. The summed E-state index contributed by atoms with van der Waals surface area (Å²) in [6.45, 7) is 2.09. The van der Waals surface area contributed by atoms with Gasteiger partial charge in [0.25, 0.3) is 10.1 Å². The SMILES string of the molecule is C[C@@H]1CC2CCCC(S(=O)(=O)O)(C2)C1. The van der Waals surface area contributed by atoms with Gasteiger partial charge in [-0.3, -0.25) is 4.55 Å². The van der Waals surface area contributed by atoms with E-state index >= 15 is 0 Å². The summed E-state index contributed by atoms with van der Waals surface area (Å²) in [5.41, 5.74) is 0. The van der Waals surface area contributed by atoms with E-state index in [0.717, 1.165) is 19.3 Å². The molecule has 0 spiro atoms. The van der Waals surface area contributed by atoms with Gasteiger partial charge in [-0.15, -0.1) is 0 Å². The molecule has 0 radical (unpaired) electrons. The molecular weight excluding hydrogens is 200 g/mol. The lowest BCUT2D eigenvalue weighted by Gasteiger charge is -2.45. The molecule has 2 saturated carbocycles. The molecule has 0 saturated heterocycles. The molecule has 2 rings (SSSR count). The fourth-order valence-corrected chi connectivity index (χ4v) is 4.80. The molecule has 3 atom stereocenters. The van der Waals surface area contributed by atoms with Gasteiger partial charge in [-0.05, 0) is 37.5 Å². The summed E-state index contributed by atoms with van der Waals surface area (Å²) in [6.07, 6.45) is 5.24. The molecule has 82 valence electrons. The largest absolute Gasteiger partial charge is 0.285 e. The van der Waals surface area contributed by atoms with Crippen molar-refractivity contribution in [2.24, 2.45) is 11.8 Å². The van der Waals surface area contributed by atoms with E-state index in [1.807, 2.05) is 0 Å². The third-order valence-corrected chi connectivity index (χ3v) is 5.54. The average Bonchev–Trinajstić information content (AvgIpc) is 2.00. The molecule has 4 heteroatoms. The summed E-state index contributed by atoms with van der Waals surface area (Å²) < 4.78 is 31.4. The minimum atomic E-state index is -3.85. The van der Waals surface area contributed by atoms with Crippen LogP contribution in [0.1, 0.15) is 45.4 Å². The predicted octanol–water partition coefficient (Wildman–Crippen LogP) is 2.23. The van der Waals surface area contributed by atoms with Gasteiger partial charge in [0.15, 0.2) is 0 Å². The van der Waals surface area contributed by atoms with Crippen molar-refractivity contribution in [2.45, 2.75) is 50.2 Å². The second-order valence-electron chi connectivity index (χ2n) is 5.17. The van der Waals surface area contributed by atoms with Crippen molar-refractivity contribution in [3.63, 3.8) is 0 Å². The Hall–Kier alpha value is -0.0900. The molecule has 0 aromatic heterocycles. The molecule has 2 unspecified atom stereocenters. The Morgan fingerprint density at radius 2 is 2.07 bits per heavy atom. The second-order valence-corrected chi connectivity index (χ2v) is 6.98. The number of rotatable bonds is 1. The van der Waals surface area contributed by atoms with Crippen LogP contribution in [0.3, 0.4) is 0 Å². The molecule has 1 N–H and O–H groups in total. The fraction of sp³-hybridized carbons (Fsp3) is 1.00. The van der Waals surface area contributed by atoms with Crippen LogP contribution in [-0.4, -0.2) is 17.7 Å². The van der Waals surface area contributed by atoms with Crippen LogP contribution in [0.4, 0.5) is 0 Å². The Bertz CT molecular complexity index is 318. The molecule has 2 bridgehead atoms. The molecule has 0 aliphatic heterocycles. The van der Waals surface area contributed by atoms with Gasteiger partial charge in [0.1, 0.15) is 0 Å². The van der Waals surface area contributed by atoms with Crippen molar-refractivity contribution < 1.29 is 13.0 Å². The molecule has 2 fully saturated rings. The van der Waals surface area contributed by atoms with Crippen molar-refractivity contribution >= 4 is 10.1 Å². The van der Waals surface area contributed by atoms with Gasteiger partial charge in [0.05, 0.1) is 4.75 Å². The number of fused-ring (bicyclic) bond motifs is 2. The molecule has 0 aromatic rings. The molecule has 14 heavy (non-hydrogen) atoms. The Labute approximate surface area is 85.6 Å². The van der Waals surface area contributed by atoms with Gasteiger partial charge in [0.2, 0.25) is 0 Å². The van der Waals surface area contributed by atoms with Gasteiger partial charge < -0.3 is 0 Å². The smallest absolute Gasteiger partial charge is 0.270 e. The zero-order valence-electron chi connectivity index (χ0n) is 8.57. The van der Waals surface area contributed by atoms with Crippen LogP contribution in [0.25, 0.3) is 0 Å². The van der Waals surface area contributed by atoms with E-state index in [1.165, 1.54) is 0 Å². The Morgan fingerprint density at radius 3 is 2.71 bits per heavy atom. The predicted molar refractivity (Wildman–Crippen MR) is 54.6 cm³/mol.